The molecular weight excluding hydrogens is 283 g/mol. The van der Waals surface area contributed by atoms with Crippen LogP contribution in [0.15, 0.2) is 6.07 Å². The number of hydrogen-bond acceptors (Lipinski definition) is 4. The van der Waals surface area contributed by atoms with Gasteiger partial charge in [0.1, 0.15) is 0 Å². The van der Waals surface area contributed by atoms with Crippen molar-refractivity contribution in [2.75, 3.05) is 11.9 Å². The number of hydrogen-bond donors (Lipinski definition) is 1. The van der Waals surface area contributed by atoms with Crippen LogP contribution in [0.2, 0.25) is 0 Å². The highest BCUT2D eigenvalue weighted by molar-refractivity contribution is 5.38. The fourth-order valence-electron chi connectivity index (χ4n) is 1.87. The van der Waals surface area contributed by atoms with Crippen molar-refractivity contribution in [2.45, 2.75) is 33.9 Å². The highest BCUT2D eigenvalue weighted by Crippen LogP contribution is 2.29. The van der Waals surface area contributed by atoms with Gasteiger partial charge < -0.3 is 5.32 Å². The molecule has 0 saturated heterocycles. The predicted octanol–water partition coefficient (Wildman–Crippen LogP) is 3.04. The Bertz CT molecular complexity index is 661. The zero-order valence-corrected chi connectivity index (χ0v) is 12.2. The van der Waals surface area contributed by atoms with Gasteiger partial charge in [-0.3, -0.25) is 0 Å². The van der Waals surface area contributed by atoms with Crippen LogP contribution in [-0.4, -0.2) is 26.3 Å². The monoisotopic (exact) mass is 299 g/mol. The summed E-state index contributed by atoms with van der Waals surface area (Å²) in [5.41, 5.74) is 1.44. The molecule has 2 heterocycles. The lowest BCUT2D eigenvalue weighted by Crippen LogP contribution is -2.15. The second-order valence-corrected chi connectivity index (χ2v) is 4.67. The molecule has 0 fully saturated rings. The van der Waals surface area contributed by atoms with E-state index in [2.05, 4.69) is 20.4 Å². The van der Waals surface area contributed by atoms with Crippen molar-refractivity contribution in [3.63, 3.8) is 0 Å². The Balaban J connectivity index is 2.62. The molecule has 5 nitrogen and oxygen atoms in total. The van der Waals surface area contributed by atoms with Crippen molar-refractivity contribution >= 4 is 5.95 Å². The molecule has 0 aliphatic carbocycles. The van der Waals surface area contributed by atoms with Gasteiger partial charge in [-0.2, -0.15) is 23.3 Å². The maximum atomic E-state index is 12.9. The summed E-state index contributed by atoms with van der Waals surface area (Å²) in [6, 6.07) is 0.902. The van der Waals surface area contributed by atoms with E-state index in [1.165, 1.54) is 4.68 Å². The molecule has 0 saturated carbocycles. The van der Waals surface area contributed by atoms with E-state index in [1.54, 1.807) is 20.8 Å². The lowest BCUT2D eigenvalue weighted by atomic mass is 10.2. The van der Waals surface area contributed by atoms with Gasteiger partial charge in [0.2, 0.25) is 5.95 Å². The van der Waals surface area contributed by atoms with Gasteiger partial charge in [-0.1, -0.05) is 0 Å². The van der Waals surface area contributed by atoms with Gasteiger partial charge in [-0.15, -0.1) is 0 Å². The molecule has 0 aromatic carbocycles. The number of anilines is 1. The van der Waals surface area contributed by atoms with Crippen LogP contribution in [-0.2, 0) is 6.18 Å². The summed E-state index contributed by atoms with van der Waals surface area (Å²) < 4.78 is 40.2. The number of aryl methyl sites for hydroxylation is 1. The van der Waals surface area contributed by atoms with Crippen LogP contribution in [0, 0.1) is 20.8 Å². The molecule has 2 rings (SSSR count). The van der Waals surface area contributed by atoms with E-state index in [1.807, 2.05) is 6.92 Å². The molecule has 0 spiro atoms. The molecule has 0 atom stereocenters. The van der Waals surface area contributed by atoms with Gasteiger partial charge >= 0.3 is 6.18 Å². The van der Waals surface area contributed by atoms with Crippen molar-refractivity contribution in [2.24, 2.45) is 0 Å². The van der Waals surface area contributed by atoms with Crippen LogP contribution in [0.5, 0.6) is 0 Å². The number of halogens is 3. The van der Waals surface area contributed by atoms with Gasteiger partial charge in [0.15, 0.2) is 11.5 Å². The average molecular weight is 299 g/mol. The van der Waals surface area contributed by atoms with E-state index in [4.69, 9.17) is 0 Å². The lowest BCUT2D eigenvalue weighted by Gasteiger charge is -2.11. The number of aromatic nitrogens is 4. The summed E-state index contributed by atoms with van der Waals surface area (Å²) in [5, 5.41) is 6.94. The average Bonchev–Trinajstić information content (AvgIpc) is 2.66. The van der Waals surface area contributed by atoms with Gasteiger partial charge in [0, 0.05) is 18.3 Å². The van der Waals surface area contributed by atoms with Crippen molar-refractivity contribution in [3.05, 3.63) is 28.7 Å². The zero-order valence-electron chi connectivity index (χ0n) is 12.2. The second-order valence-electron chi connectivity index (χ2n) is 4.67. The first-order valence-corrected chi connectivity index (χ1v) is 6.47. The van der Waals surface area contributed by atoms with Crippen LogP contribution in [0.3, 0.4) is 0 Å². The van der Waals surface area contributed by atoms with Crippen LogP contribution in [0.1, 0.15) is 29.6 Å². The summed E-state index contributed by atoms with van der Waals surface area (Å²) in [7, 11) is 0. The molecule has 8 heteroatoms. The third-order valence-corrected chi connectivity index (χ3v) is 3.21. The lowest BCUT2D eigenvalue weighted by molar-refractivity contribution is -0.141. The molecule has 114 valence electrons. The van der Waals surface area contributed by atoms with Crippen LogP contribution in [0.4, 0.5) is 19.1 Å². The SMILES string of the molecule is CCNc1nc(-n2nc(C)c(C)c2C)cc(C(F)(F)F)n1. The first-order chi connectivity index (χ1) is 9.74. The highest BCUT2D eigenvalue weighted by Gasteiger charge is 2.34. The molecule has 0 aliphatic rings. The van der Waals surface area contributed by atoms with Crippen molar-refractivity contribution in [1.29, 1.82) is 0 Å². The van der Waals surface area contributed by atoms with Crippen LogP contribution >= 0.6 is 0 Å². The smallest absolute Gasteiger partial charge is 0.354 e. The van der Waals surface area contributed by atoms with Gasteiger partial charge in [-0.05, 0) is 33.3 Å². The fraction of sp³-hybridized carbons (Fsp3) is 0.462. The molecule has 21 heavy (non-hydrogen) atoms. The third-order valence-electron chi connectivity index (χ3n) is 3.21. The molecule has 2 aromatic rings. The summed E-state index contributed by atoms with van der Waals surface area (Å²) in [6.07, 6.45) is -4.53. The Kier molecular flexibility index (Phi) is 3.89. The standard InChI is InChI=1S/C13H16F3N5/c1-5-17-12-18-10(13(14,15)16)6-11(19-12)21-9(4)7(2)8(3)20-21/h6H,5H2,1-4H3,(H,17,18,19). The zero-order chi connectivity index (χ0) is 15.8. The number of rotatable bonds is 3. The van der Waals surface area contributed by atoms with Crippen LogP contribution in [0.25, 0.3) is 5.82 Å². The topological polar surface area (TPSA) is 55.6 Å². The first kappa shape index (κ1) is 15.3. The number of nitrogens with one attached hydrogen (secondary N) is 1. The Morgan fingerprint density at radius 1 is 1.19 bits per heavy atom. The van der Waals surface area contributed by atoms with Crippen molar-refractivity contribution < 1.29 is 13.2 Å². The first-order valence-electron chi connectivity index (χ1n) is 6.47. The summed E-state index contributed by atoms with van der Waals surface area (Å²) in [6.45, 7) is 7.65. The summed E-state index contributed by atoms with van der Waals surface area (Å²) in [4.78, 5) is 7.59. The minimum Gasteiger partial charge on any atom is -0.354 e. The fourth-order valence-corrected chi connectivity index (χ4v) is 1.87. The highest BCUT2D eigenvalue weighted by atomic mass is 19.4. The largest absolute Gasteiger partial charge is 0.433 e. The minimum atomic E-state index is -4.53. The Labute approximate surface area is 120 Å². The van der Waals surface area contributed by atoms with Gasteiger partial charge in [-0.25, -0.2) is 9.67 Å². The number of alkyl halides is 3. The van der Waals surface area contributed by atoms with E-state index in [9.17, 15) is 13.2 Å². The van der Waals surface area contributed by atoms with E-state index in [-0.39, 0.29) is 11.8 Å². The second kappa shape index (κ2) is 5.34. The number of nitrogens with zero attached hydrogens (tertiary/aromatic N) is 4. The quantitative estimate of drug-likeness (QED) is 0.946. The van der Waals surface area contributed by atoms with Crippen molar-refractivity contribution in [3.8, 4) is 5.82 Å². The molecule has 1 N–H and O–H groups in total. The maximum absolute atomic E-state index is 12.9. The van der Waals surface area contributed by atoms with E-state index in [0.29, 0.717) is 6.54 Å². The Morgan fingerprint density at radius 3 is 2.33 bits per heavy atom. The molecular formula is C13H16F3N5. The normalized spacial score (nSPS) is 11.8. The third kappa shape index (κ3) is 2.98. The van der Waals surface area contributed by atoms with Gasteiger partial charge in [0.25, 0.3) is 0 Å². The summed E-state index contributed by atoms with van der Waals surface area (Å²) >= 11 is 0. The van der Waals surface area contributed by atoms with Crippen molar-refractivity contribution in [1.82, 2.24) is 19.7 Å². The Hall–Kier alpha value is -2.12. The van der Waals surface area contributed by atoms with E-state index >= 15 is 0 Å². The molecule has 0 radical (unpaired) electrons. The molecule has 0 aliphatic heterocycles. The maximum Gasteiger partial charge on any atom is 0.433 e. The van der Waals surface area contributed by atoms with E-state index in [0.717, 1.165) is 23.0 Å². The van der Waals surface area contributed by atoms with E-state index < -0.39 is 11.9 Å². The van der Waals surface area contributed by atoms with Crippen LogP contribution < -0.4 is 5.32 Å². The minimum absolute atomic E-state index is 0.0625. The molecule has 2 aromatic heterocycles. The predicted molar refractivity (Wildman–Crippen MR) is 72.5 cm³/mol. The molecule has 0 bridgehead atoms. The summed E-state index contributed by atoms with van der Waals surface area (Å²) in [5.74, 6) is 0.0366. The molecule has 0 amide bonds. The Morgan fingerprint density at radius 2 is 1.86 bits per heavy atom. The molecule has 0 unspecified atom stereocenters. The van der Waals surface area contributed by atoms with Gasteiger partial charge in [0.05, 0.1) is 5.69 Å².